The molecule has 0 radical (unpaired) electrons. The van der Waals surface area contributed by atoms with Gasteiger partial charge < -0.3 is 20.4 Å². The molecule has 1 aromatic heterocycles. The number of nitrogens with zero attached hydrogens (tertiary/aromatic N) is 3. The molecule has 1 aliphatic rings. The average Bonchev–Trinajstić information content (AvgIpc) is 3.43. The molecule has 0 atom stereocenters. The number of nitrogens with one attached hydrogen (secondary N) is 2. The van der Waals surface area contributed by atoms with E-state index in [9.17, 15) is 9.59 Å². The Labute approximate surface area is 224 Å². The molecule has 2 aromatic carbocycles. The van der Waals surface area contributed by atoms with Crippen molar-refractivity contribution in [2.75, 3.05) is 70.1 Å². The number of carbonyl (C=O) groups is 2. The second-order valence-electron chi connectivity index (χ2n) is 9.79. The van der Waals surface area contributed by atoms with Crippen LogP contribution in [-0.2, 0) is 6.42 Å². The summed E-state index contributed by atoms with van der Waals surface area (Å²) < 4.78 is 0. The van der Waals surface area contributed by atoms with Gasteiger partial charge >= 0.3 is 0 Å². The lowest BCUT2D eigenvalue weighted by molar-refractivity contribution is 0.0952. The van der Waals surface area contributed by atoms with Crippen LogP contribution in [0, 0.1) is 6.92 Å². The molecule has 2 amide bonds. The molecule has 0 spiro atoms. The lowest BCUT2D eigenvalue weighted by Gasteiger charge is -2.37. The van der Waals surface area contributed by atoms with E-state index in [0.29, 0.717) is 22.7 Å². The molecule has 0 bridgehead atoms. The van der Waals surface area contributed by atoms with Gasteiger partial charge in [-0.2, -0.15) is 0 Å². The van der Waals surface area contributed by atoms with Crippen LogP contribution >= 0.6 is 11.3 Å². The Bertz CT molecular complexity index is 1190. The van der Waals surface area contributed by atoms with Crippen molar-refractivity contribution in [3.63, 3.8) is 0 Å². The van der Waals surface area contributed by atoms with Gasteiger partial charge in [-0.1, -0.05) is 35.9 Å². The van der Waals surface area contributed by atoms with E-state index in [-0.39, 0.29) is 11.8 Å². The number of piperazine rings is 1. The first-order valence-electron chi connectivity index (χ1n) is 12.8. The molecular weight excluding hydrogens is 482 g/mol. The van der Waals surface area contributed by atoms with Crippen molar-refractivity contribution in [3.05, 3.63) is 81.5 Å². The Morgan fingerprint density at radius 3 is 2.49 bits per heavy atom. The highest BCUT2D eigenvalue weighted by Gasteiger charge is 2.21. The second-order valence-corrected chi connectivity index (χ2v) is 10.7. The molecule has 1 saturated heterocycles. The summed E-state index contributed by atoms with van der Waals surface area (Å²) in [4.78, 5) is 33.5. The summed E-state index contributed by atoms with van der Waals surface area (Å²) in [7, 11) is 4.19. The quantitative estimate of drug-likeness (QED) is 0.424. The van der Waals surface area contributed by atoms with Crippen LogP contribution in [0.1, 0.15) is 31.2 Å². The Hall–Kier alpha value is -3.20. The van der Waals surface area contributed by atoms with Gasteiger partial charge in [0, 0.05) is 51.4 Å². The standard InChI is InChI=1S/C29H37N5O2S/c1-22-6-4-7-23(20-22)11-12-30-28(35)24-9-10-26(25(21-24)31-29(36)27-8-5-19-37-27)34-17-15-33(16-18-34)14-13-32(2)3/h4-10,19-21H,11-18H2,1-3H3,(H,30,35)(H,31,36). The van der Waals surface area contributed by atoms with Crippen molar-refractivity contribution >= 4 is 34.5 Å². The molecule has 8 heteroatoms. The minimum atomic E-state index is -0.155. The van der Waals surface area contributed by atoms with E-state index in [2.05, 4.69) is 64.6 Å². The van der Waals surface area contributed by atoms with E-state index in [1.165, 1.54) is 22.5 Å². The smallest absolute Gasteiger partial charge is 0.265 e. The summed E-state index contributed by atoms with van der Waals surface area (Å²) in [6, 6.07) is 17.6. The monoisotopic (exact) mass is 519 g/mol. The molecule has 2 N–H and O–H groups in total. The highest BCUT2D eigenvalue weighted by Crippen LogP contribution is 2.29. The molecule has 196 valence electrons. The molecule has 0 saturated carbocycles. The second kappa shape index (κ2) is 12.9. The summed E-state index contributed by atoms with van der Waals surface area (Å²) in [5.74, 6) is -0.294. The van der Waals surface area contributed by atoms with Crippen LogP contribution in [0.2, 0.25) is 0 Å². The van der Waals surface area contributed by atoms with E-state index in [1.807, 2.05) is 35.7 Å². The van der Waals surface area contributed by atoms with E-state index < -0.39 is 0 Å². The lowest BCUT2D eigenvalue weighted by Crippen LogP contribution is -2.48. The Morgan fingerprint density at radius 1 is 0.973 bits per heavy atom. The Balaban J connectivity index is 1.45. The van der Waals surface area contributed by atoms with Gasteiger partial charge in [-0.3, -0.25) is 14.5 Å². The van der Waals surface area contributed by atoms with E-state index in [0.717, 1.165) is 51.4 Å². The van der Waals surface area contributed by atoms with Crippen LogP contribution in [0.5, 0.6) is 0 Å². The molecule has 37 heavy (non-hydrogen) atoms. The third-order valence-corrected chi connectivity index (χ3v) is 7.48. The zero-order valence-corrected chi connectivity index (χ0v) is 22.8. The maximum absolute atomic E-state index is 13.0. The van der Waals surface area contributed by atoms with Gasteiger partial charge in [-0.15, -0.1) is 11.3 Å². The number of amides is 2. The van der Waals surface area contributed by atoms with Gasteiger partial charge in [-0.25, -0.2) is 0 Å². The number of thiophene rings is 1. The largest absolute Gasteiger partial charge is 0.367 e. The van der Waals surface area contributed by atoms with Gasteiger partial charge in [0.25, 0.3) is 11.8 Å². The molecule has 3 aromatic rings. The highest BCUT2D eigenvalue weighted by molar-refractivity contribution is 7.12. The Kier molecular flexibility index (Phi) is 9.33. The zero-order chi connectivity index (χ0) is 26.2. The van der Waals surface area contributed by atoms with Gasteiger partial charge in [-0.05, 0) is 62.6 Å². The van der Waals surface area contributed by atoms with E-state index >= 15 is 0 Å². The third kappa shape index (κ3) is 7.64. The fraction of sp³-hybridized carbons (Fsp3) is 0.379. The number of hydrogen-bond acceptors (Lipinski definition) is 6. The maximum atomic E-state index is 13.0. The van der Waals surface area contributed by atoms with E-state index in [1.54, 1.807) is 6.07 Å². The van der Waals surface area contributed by atoms with E-state index in [4.69, 9.17) is 0 Å². The predicted molar refractivity (Wildman–Crippen MR) is 153 cm³/mol. The van der Waals surface area contributed by atoms with Gasteiger partial charge in [0.2, 0.25) is 0 Å². The van der Waals surface area contributed by atoms with Crippen LogP contribution in [0.15, 0.2) is 60.0 Å². The number of anilines is 2. The minimum Gasteiger partial charge on any atom is -0.367 e. The van der Waals surface area contributed by atoms with Crippen molar-refractivity contribution in [2.24, 2.45) is 0 Å². The molecular formula is C29H37N5O2S. The van der Waals surface area contributed by atoms with Crippen LogP contribution in [-0.4, -0.2) is 81.5 Å². The highest BCUT2D eigenvalue weighted by atomic mass is 32.1. The summed E-state index contributed by atoms with van der Waals surface area (Å²) in [5, 5.41) is 7.99. The maximum Gasteiger partial charge on any atom is 0.265 e. The minimum absolute atomic E-state index is 0.140. The van der Waals surface area contributed by atoms with Crippen LogP contribution in [0.4, 0.5) is 11.4 Å². The summed E-state index contributed by atoms with van der Waals surface area (Å²) >= 11 is 1.40. The number of likely N-dealkylation sites (N-methyl/N-ethyl adjacent to an activating group) is 1. The van der Waals surface area contributed by atoms with Gasteiger partial charge in [0.15, 0.2) is 0 Å². The molecule has 1 aliphatic heterocycles. The van der Waals surface area contributed by atoms with Crippen LogP contribution in [0.3, 0.4) is 0 Å². The van der Waals surface area contributed by atoms with Crippen molar-refractivity contribution < 1.29 is 9.59 Å². The summed E-state index contributed by atoms with van der Waals surface area (Å²) in [6.45, 7) is 8.38. The molecule has 1 fully saturated rings. The number of hydrogen-bond donors (Lipinski definition) is 2. The zero-order valence-electron chi connectivity index (χ0n) is 22.0. The fourth-order valence-electron chi connectivity index (χ4n) is 4.49. The predicted octanol–water partition coefficient (Wildman–Crippen LogP) is 3.96. The van der Waals surface area contributed by atoms with Gasteiger partial charge in [0.1, 0.15) is 0 Å². The summed E-state index contributed by atoms with van der Waals surface area (Å²) in [5.41, 5.74) is 4.58. The number of benzene rings is 2. The molecule has 4 rings (SSSR count). The first kappa shape index (κ1) is 26.9. The first-order valence-corrected chi connectivity index (χ1v) is 13.7. The number of carbonyl (C=O) groups excluding carboxylic acids is 2. The van der Waals surface area contributed by atoms with Crippen molar-refractivity contribution in [1.82, 2.24) is 15.1 Å². The summed E-state index contributed by atoms with van der Waals surface area (Å²) in [6.07, 6.45) is 0.769. The van der Waals surface area contributed by atoms with Crippen LogP contribution < -0.4 is 15.5 Å². The first-order chi connectivity index (χ1) is 17.9. The fourth-order valence-corrected chi connectivity index (χ4v) is 5.11. The Morgan fingerprint density at radius 2 is 1.78 bits per heavy atom. The molecule has 7 nitrogen and oxygen atoms in total. The lowest BCUT2D eigenvalue weighted by atomic mass is 10.1. The SMILES string of the molecule is Cc1cccc(CCNC(=O)c2ccc(N3CCN(CCN(C)C)CC3)c(NC(=O)c3cccs3)c2)c1. The molecule has 0 aliphatic carbocycles. The molecule has 0 unspecified atom stereocenters. The topological polar surface area (TPSA) is 67.9 Å². The van der Waals surface area contributed by atoms with Crippen LogP contribution in [0.25, 0.3) is 0 Å². The van der Waals surface area contributed by atoms with Crippen molar-refractivity contribution in [3.8, 4) is 0 Å². The molecule has 2 heterocycles. The third-order valence-electron chi connectivity index (χ3n) is 6.61. The van der Waals surface area contributed by atoms with Gasteiger partial charge in [0.05, 0.1) is 16.3 Å². The van der Waals surface area contributed by atoms with Crippen molar-refractivity contribution in [2.45, 2.75) is 13.3 Å². The average molecular weight is 520 g/mol. The number of aryl methyl sites for hydroxylation is 1. The normalized spacial score (nSPS) is 14.1. The van der Waals surface area contributed by atoms with Crippen molar-refractivity contribution in [1.29, 1.82) is 0 Å². The number of rotatable bonds is 10.